The van der Waals surface area contributed by atoms with Crippen molar-refractivity contribution in [3.63, 3.8) is 0 Å². The predicted molar refractivity (Wildman–Crippen MR) is 123 cm³/mol. The highest BCUT2D eigenvalue weighted by molar-refractivity contribution is 6.31. The Balaban J connectivity index is 1.24. The molecule has 8 nitrogen and oxygen atoms in total. The molecule has 0 unspecified atom stereocenters. The van der Waals surface area contributed by atoms with E-state index in [1.165, 1.54) is 0 Å². The number of carbonyl (C=O) groups is 2. The minimum atomic E-state index is -0.539. The van der Waals surface area contributed by atoms with Gasteiger partial charge in [-0.15, -0.1) is 0 Å². The number of nitrogens with one attached hydrogen (secondary N) is 2. The third kappa shape index (κ3) is 4.62. The second-order valence-electron chi connectivity index (χ2n) is 9.14. The third-order valence-corrected chi connectivity index (χ3v) is 7.06. The van der Waals surface area contributed by atoms with E-state index in [4.69, 9.17) is 11.6 Å². The van der Waals surface area contributed by atoms with Crippen LogP contribution in [0.3, 0.4) is 0 Å². The first-order chi connectivity index (χ1) is 16.8. The molecule has 2 fully saturated rings. The Morgan fingerprint density at radius 1 is 1.23 bits per heavy atom. The van der Waals surface area contributed by atoms with Gasteiger partial charge in [0.15, 0.2) is 5.82 Å². The van der Waals surface area contributed by atoms with Crippen LogP contribution in [0.2, 0.25) is 5.02 Å². The summed E-state index contributed by atoms with van der Waals surface area (Å²) in [5.74, 6) is -1.66. The van der Waals surface area contributed by atoms with E-state index >= 15 is 0 Å². The quantitative estimate of drug-likeness (QED) is 0.554. The summed E-state index contributed by atoms with van der Waals surface area (Å²) in [5.41, 5.74) is 1.56. The number of hydrogen-bond acceptors (Lipinski definition) is 5. The van der Waals surface area contributed by atoms with Gasteiger partial charge in [-0.2, -0.15) is 5.10 Å². The standard InChI is InChI=1S/C24H23ClF2N6O2/c1-13-6-16(18(27)11-28-13)19-8-20(32-31-19)23(35)33-5-2-14(9-24(33)3-4-24)22(34)30-12-21-17(25)7-15(26)10-29-21/h6-8,10-11,14H,2-5,9,12H2,1H3,(H,30,34)(H,31,32)/t14-/m0/s1. The normalized spacial score (nSPS) is 18.5. The molecule has 1 aliphatic carbocycles. The van der Waals surface area contributed by atoms with Gasteiger partial charge in [0.25, 0.3) is 5.91 Å². The lowest BCUT2D eigenvalue weighted by molar-refractivity contribution is -0.127. The molecular formula is C24H23ClF2N6O2. The molecule has 2 N–H and O–H groups in total. The number of piperidine rings is 1. The fourth-order valence-corrected chi connectivity index (χ4v) is 4.91. The number of carbonyl (C=O) groups excluding carboxylic acids is 2. The smallest absolute Gasteiger partial charge is 0.272 e. The van der Waals surface area contributed by atoms with Gasteiger partial charge in [0, 0.05) is 29.3 Å². The summed E-state index contributed by atoms with van der Waals surface area (Å²) >= 11 is 5.99. The fraction of sp³-hybridized carbons (Fsp3) is 0.375. The Kier molecular flexibility index (Phi) is 6.00. The first kappa shape index (κ1) is 23.3. The SMILES string of the molecule is Cc1cc(-c2cc(C(=O)N3CC[C@H](C(=O)NCc4ncc(F)cc4Cl)CC34CC4)[nH]n2)c(F)cn1. The molecule has 0 aromatic carbocycles. The lowest BCUT2D eigenvalue weighted by Crippen LogP contribution is -2.50. The van der Waals surface area contributed by atoms with Crippen LogP contribution in [-0.4, -0.2) is 49.0 Å². The second kappa shape index (κ2) is 8.99. The summed E-state index contributed by atoms with van der Waals surface area (Å²) < 4.78 is 27.4. The summed E-state index contributed by atoms with van der Waals surface area (Å²) in [6, 6.07) is 4.29. The van der Waals surface area contributed by atoms with Crippen LogP contribution in [0.1, 0.15) is 47.6 Å². The maximum Gasteiger partial charge on any atom is 0.272 e. The number of aromatic amines is 1. The first-order valence-corrected chi connectivity index (χ1v) is 11.7. The van der Waals surface area contributed by atoms with E-state index in [0.29, 0.717) is 36.5 Å². The second-order valence-corrected chi connectivity index (χ2v) is 9.55. The number of likely N-dealkylation sites (tertiary alicyclic amines) is 1. The maximum absolute atomic E-state index is 14.2. The Morgan fingerprint density at radius 3 is 2.77 bits per heavy atom. The minimum Gasteiger partial charge on any atom is -0.350 e. The van der Waals surface area contributed by atoms with Crippen LogP contribution in [-0.2, 0) is 11.3 Å². The number of nitrogens with zero attached hydrogens (tertiary/aromatic N) is 4. The summed E-state index contributed by atoms with van der Waals surface area (Å²) in [6.07, 6.45) is 4.87. The van der Waals surface area contributed by atoms with E-state index in [9.17, 15) is 18.4 Å². The highest BCUT2D eigenvalue weighted by Gasteiger charge is 2.54. The van der Waals surface area contributed by atoms with Crippen LogP contribution in [0.5, 0.6) is 0 Å². The van der Waals surface area contributed by atoms with Crippen LogP contribution >= 0.6 is 11.6 Å². The Bertz CT molecular complexity index is 1310. The molecule has 3 aromatic rings. The highest BCUT2D eigenvalue weighted by atomic mass is 35.5. The first-order valence-electron chi connectivity index (χ1n) is 11.3. The van der Waals surface area contributed by atoms with E-state index in [1.807, 2.05) is 0 Å². The van der Waals surface area contributed by atoms with Gasteiger partial charge in [0.1, 0.15) is 11.5 Å². The molecule has 1 saturated carbocycles. The molecule has 1 spiro atoms. The molecule has 3 aromatic heterocycles. The van der Waals surface area contributed by atoms with Crippen LogP contribution in [0.25, 0.3) is 11.3 Å². The maximum atomic E-state index is 14.2. The van der Waals surface area contributed by atoms with Crippen LogP contribution in [0, 0.1) is 24.5 Å². The van der Waals surface area contributed by atoms with Crippen molar-refractivity contribution in [3.05, 3.63) is 64.3 Å². The van der Waals surface area contributed by atoms with Crippen molar-refractivity contribution in [2.75, 3.05) is 6.54 Å². The van der Waals surface area contributed by atoms with Crippen LogP contribution in [0.4, 0.5) is 8.78 Å². The highest BCUT2D eigenvalue weighted by Crippen LogP contribution is 2.50. The summed E-state index contributed by atoms with van der Waals surface area (Å²) in [5, 5.41) is 9.87. The van der Waals surface area contributed by atoms with Crippen molar-refractivity contribution < 1.29 is 18.4 Å². The molecular weight excluding hydrogens is 478 g/mol. The number of aromatic nitrogens is 4. The van der Waals surface area contributed by atoms with E-state index in [1.54, 1.807) is 24.0 Å². The topological polar surface area (TPSA) is 104 Å². The number of halogens is 3. The average molecular weight is 501 g/mol. The monoisotopic (exact) mass is 500 g/mol. The van der Waals surface area contributed by atoms with Gasteiger partial charge in [-0.25, -0.2) is 8.78 Å². The van der Waals surface area contributed by atoms with Gasteiger partial charge in [-0.05, 0) is 50.8 Å². The van der Waals surface area contributed by atoms with E-state index in [0.717, 1.165) is 31.3 Å². The molecule has 1 atom stereocenters. The molecule has 35 heavy (non-hydrogen) atoms. The van der Waals surface area contributed by atoms with Gasteiger partial charge in [0.2, 0.25) is 5.91 Å². The Morgan fingerprint density at radius 2 is 2.03 bits per heavy atom. The van der Waals surface area contributed by atoms with Gasteiger partial charge in [0.05, 0.1) is 35.3 Å². The van der Waals surface area contributed by atoms with Crippen molar-refractivity contribution in [1.29, 1.82) is 0 Å². The van der Waals surface area contributed by atoms with Gasteiger partial charge in [-0.3, -0.25) is 24.7 Å². The Labute approximate surface area is 205 Å². The molecule has 4 heterocycles. The van der Waals surface area contributed by atoms with Crippen molar-refractivity contribution >= 4 is 23.4 Å². The largest absolute Gasteiger partial charge is 0.350 e. The molecule has 0 radical (unpaired) electrons. The van der Waals surface area contributed by atoms with Crippen LogP contribution in [0.15, 0.2) is 30.6 Å². The molecule has 2 aliphatic rings. The molecule has 1 saturated heterocycles. The lowest BCUT2D eigenvalue weighted by Gasteiger charge is -2.39. The molecule has 0 bridgehead atoms. The zero-order valence-corrected chi connectivity index (χ0v) is 19.7. The summed E-state index contributed by atoms with van der Waals surface area (Å²) in [7, 11) is 0. The zero-order valence-electron chi connectivity index (χ0n) is 18.9. The third-order valence-electron chi connectivity index (χ3n) is 6.73. The number of amides is 2. The van der Waals surface area contributed by atoms with E-state index < -0.39 is 11.6 Å². The molecule has 11 heteroatoms. The van der Waals surface area contributed by atoms with Crippen molar-refractivity contribution in [2.24, 2.45) is 5.92 Å². The molecule has 2 amide bonds. The number of aryl methyl sites for hydroxylation is 1. The van der Waals surface area contributed by atoms with Crippen molar-refractivity contribution in [1.82, 2.24) is 30.4 Å². The summed E-state index contributed by atoms with van der Waals surface area (Å²) in [6.45, 7) is 2.28. The van der Waals surface area contributed by atoms with Gasteiger partial charge < -0.3 is 10.2 Å². The number of pyridine rings is 2. The minimum absolute atomic E-state index is 0.103. The number of hydrogen-bond donors (Lipinski definition) is 2. The molecule has 1 aliphatic heterocycles. The Hall–Kier alpha value is -3.40. The predicted octanol–water partition coefficient (Wildman–Crippen LogP) is 3.81. The average Bonchev–Trinajstić information content (AvgIpc) is 3.40. The van der Waals surface area contributed by atoms with Gasteiger partial charge in [-0.1, -0.05) is 11.6 Å². The molecule has 5 rings (SSSR count). The zero-order chi connectivity index (χ0) is 24.7. The lowest BCUT2D eigenvalue weighted by atomic mass is 9.88. The van der Waals surface area contributed by atoms with E-state index in [-0.39, 0.29) is 46.1 Å². The fourth-order valence-electron chi connectivity index (χ4n) is 4.69. The van der Waals surface area contributed by atoms with E-state index in [2.05, 4.69) is 25.5 Å². The summed E-state index contributed by atoms with van der Waals surface area (Å²) in [4.78, 5) is 35.8. The van der Waals surface area contributed by atoms with Crippen LogP contribution < -0.4 is 5.32 Å². The van der Waals surface area contributed by atoms with Gasteiger partial charge >= 0.3 is 0 Å². The molecule has 182 valence electrons. The van der Waals surface area contributed by atoms with Crippen molar-refractivity contribution in [3.8, 4) is 11.3 Å². The number of rotatable bonds is 5. The van der Waals surface area contributed by atoms with Crippen molar-refractivity contribution in [2.45, 2.75) is 44.7 Å². The number of H-pyrrole nitrogens is 1.